The van der Waals surface area contributed by atoms with E-state index in [0.29, 0.717) is 30.4 Å². The fourth-order valence-electron chi connectivity index (χ4n) is 4.10. The summed E-state index contributed by atoms with van der Waals surface area (Å²) in [4.78, 5) is 15.0. The van der Waals surface area contributed by atoms with Gasteiger partial charge in [-0.3, -0.25) is 9.89 Å². The number of hydrogen-bond acceptors (Lipinski definition) is 2. The van der Waals surface area contributed by atoms with Gasteiger partial charge in [0.1, 0.15) is 11.6 Å². The van der Waals surface area contributed by atoms with Gasteiger partial charge in [0.25, 0.3) is 5.91 Å². The molecule has 1 atom stereocenters. The molecule has 1 unspecified atom stereocenters. The van der Waals surface area contributed by atoms with Crippen LogP contribution in [-0.4, -0.2) is 34.1 Å². The molecule has 1 aliphatic heterocycles. The number of aromatic amines is 1. The number of carbonyl (C=O) groups is 1. The Kier molecular flexibility index (Phi) is 4.98. The lowest BCUT2D eigenvalue weighted by Crippen LogP contribution is -2.40. The molecular formula is C21H25F2N3O. The average Bonchev–Trinajstić information content (AvgIpc) is 3.43. The summed E-state index contributed by atoms with van der Waals surface area (Å²) in [5.41, 5.74) is 3.06. The van der Waals surface area contributed by atoms with Gasteiger partial charge in [-0.25, -0.2) is 8.78 Å². The highest BCUT2D eigenvalue weighted by Gasteiger charge is 2.34. The number of aromatic nitrogens is 2. The molecular weight excluding hydrogens is 348 g/mol. The molecule has 1 aromatic carbocycles. The lowest BCUT2D eigenvalue weighted by atomic mass is 9.91. The van der Waals surface area contributed by atoms with Gasteiger partial charge in [0.05, 0.1) is 11.3 Å². The number of benzene rings is 1. The molecule has 0 bridgehead atoms. The number of nitrogens with one attached hydrogen (secondary N) is 1. The molecule has 27 heavy (non-hydrogen) atoms. The van der Waals surface area contributed by atoms with Gasteiger partial charge in [0, 0.05) is 30.8 Å². The van der Waals surface area contributed by atoms with Crippen LogP contribution in [0.1, 0.15) is 65.3 Å². The third-order valence-electron chi connectivity index (χ3n) is 5.80. The zero-order valence-electron chi connectivity index (χ0n) is 15.6. The Morgan fingerprint density at radius 2 is 2.11 bits per heavy atom. The van der Waals surface area contributed by atoms with Crippen molar-refractivity contribution in [3.8, 4) is 0 Å². The van der Waals surface area contributed by atoms with Crippen molar-refractivity contribution < 1.29 is 13.6 Å². The zero-order valence-corrected chi connectivity index (χ0v) is 15.6. The monoisotopic (exact) mass is 373 g/mol. The Labute approximate surface area is 158 Å². The third-order valence-corrected chi connectivity index (χ3v) is 5.80. The van der Waals surface area contributed by atoms with Crippen molar-refractivity contribution in [1.29, 1.82) is 0 Å². The predicted molar refractivity (Wildman–Crippen MR) is 98.6 cm³/mol. The summed E-state index contributed by atoms with van der Waals surface area (Å²) in [6.45, 7) is 3.36. The molecule has 2 heterocycles. The van der Waals surface area contributed by atoms with Gasteiger partial charge in [0.15, 0.2) is 0 Å². The van der Waals surface area contributed by atoms with E-state index >= 15 is 0 Å². The summed E-state index contributed by atoms with van der Waals surface area (Å²) >= 11 is 0. The highest BCUT2D eigenvalue weighted by atomic mass is 19.1. The molecule has 144 valence electrons. The largest absolute Gasteiger partial charge is 0.338 e. The first kappa shape index (κ1) is 18.1. The molecule has 1 saturated carbocycles. The van der Waals surface area contributed by atoms with Crippen LogP contribution in [0.5, 0.6) is 0 Å². The summed E-state index contributed by atoms with van der Waals surface area (Å²) in [6.07, 6.45) is 5.57. The van der Waals surface area contributed by atoms with Crippen LogP contribution in [0, 0.1) is 24.5 Å². The molecule has 2 fully saturated rings. The average molecular weight is 373 g/mol. The molecule has 0 radical (unpaired) electrons. The minimum absolute atomic E-state index is 0.0702. The van der Waals surface area contributed by atoms with Crippen molar-refractivity contribution in [1.82, 2.24) is 15.1 Å². The first-order valence-electron chi connectivity index (χ1n) is 9.81. The number of halogens is 2. The lowest BCUT2D eigenvalue weighted by Gasteiger charge is -2.33. The van der Waals surface area contributed by atoms with E-state index in [0.717, 1.165) is 61.7 Å². The van der Waals surface area contributed by atoms with Gasteiger partial charge in [-0.15, -0.1) is 0 Å². The van der Waals surface area contributed by atoms with Crippen LogP contribution >= 0.6 is 0 Å². The minimum atomic E-state index is -0.548. The van der Waals surface area contributed by atoms with Crippen molar-refractivity contribution in [2.24, 2.45) is 5.92 Å². The molecule has 2 aromatic rings. The van der Waals surface area contributed by atoms with Gasteiger partial charge in [-0.2, -0.15) is 5.10 Å². The molecule has 1 saturated heterocycles. The van der Waals surface area contributed by atoms with Crippen LogP contribution in [0.25, 0.3) is 0 Å². The molecule has 4 rings (SSSR count). The minimum Gasteiger partial charge on any atom is -0.338 e. The summed E-state index contributed by atoms with van der Waals surface area (Å²) in [6, 6.07) is 3.76. The molecule has 1 N–H and O–H groups in total. The lowest BCUT2D eigenvalue weighted by molar-refractivity contribution is 0.0666. The molecule has 1 aromatic heterocycles. The zero-order chi connectivity index (χ0) is 19.0. The van der Waals surface area contributed by atoms with Crippen LogP contribution in [0.3, 0.4) is 0 Å². The summed E-state index contributed by atoms with van der Waals surface area (Å²) in [5.74, 6) is -0.199. The van der Waals surface area contributed by atoms with Crippen LogP contribution in [0.15, 0.2) is 18.2 Å². The Balaban J connectivity index is 1.40. The van der Waals surface area contributed by atoms with E-state index in [1.165, 1.54) is 12.1 Å². The number of H-pyrrole nitrogens is 1. The smallest absolute Gasteiger partial charge is 0.257 e. The summed E-state index contributed by atoms with van der Waals surface area (Å²) in [5, 5.41) is 7.34. The second kappa shape index (κ2) is 7.41. The van der Waals surface area contributed by atoms with E-state index in [-0.39, 0.29) is 5.91 Å². The number of aryl methyl sites for hydroxylation is 2. The normalized spacial score (nSPS) is 20.1. The second-order valence-corrected chi connectivity index (χ2v) is 7.92. The van der Waals surface area contributed by atoms with Crippen LogP contribution in [-0.2, 0) is 6.42 Å². The van der Waals surface area contributed by atoms with Gasteiger partial charge in [-0.05, 0) is 63.0 Å². The third kappa shape index (κ3) is 3.89. The maximum absolute atomic E-state index is 13.9. The van der Waals surface area contributed by atoms with E-state index in [9.17, 15) is 13.6 Å². The van der Waals surface area contributed by atoms with E-state index in [2.05, 4.69) is 10.2 Å². The standard InChI is InChI=1S/C21H25F2N3O/c1-13-19(20(25-24-13)16-6-7-16)21(27)26-10-2-3-14(12-26)4-5-15-8-9-17(22)11-18(15)23/h8-9,11,14,16H,2-7,10,12H2,1H3,(H,24,25). The van der Waals surface area contributed by atoms with E-state index in [1.54, 1.807) is 0 Å². The Morgan fingerprint density at radius 3 is 2.85 bits per heavy atom. The van der Waals surface area contributed by atoms with E-state index in [4.69, 9.17) is 0 Å². The fourth-order valence-corrected chi connectivity index (χ4v) is 4.10. The molecule has 2 aliphatic rings. The first-order chi connectivity index (χ1) is 13.0. The maximum Gasteiger partial charge on any atom is 0.257 e. The number of carbonyl (C=O) groups excluding carboxylic acids is 1. The number of rotatable bonds is 5. The summed E-state index contributed by atoms with van der Waals surface area (Å²) in [7, 11) is 0. The number of nitrogens with zero attached hydrogens (tertiary/aromatic N) is 2. The maximum atomic E-state index is 13.9. The van der Waals surface area contributed by atoms with Gasteiger partial charge >= 0.3 is 0 Å². The fraction of sp³-hybridized carbons (Fsp3) is 0.524. The van der Waals surface area contributed by atoms with E-state index in [1.807, 2.05) is 11.8 Å². The number of hydrogen-bond donors (Lipinski definition) is 1. The number of piperidine rings is 1. The quantitative estimate of drug-likeness (QED) is 0.847. The number of amides is 1. The molecule has 1 amide bonds. The van der Waals surface area contributed by atoms with Crippen LogP contribution in [0.4, 0.5) is 8.78 Å². The summed E-state index contributed by atoms with van der Waals surface area (Å²) < 4.78 is 26.9. The highest BCUT2D eigenvalue weighted by Crippen LogP contribution is 2.41. The van der Waals surface area contributed by atoms with Crippen LogP contribution < -0.4 is 0 Å². The molecule has 1 aliphatic carbocycles. The SMILES string of the molecule is Cc1[nH]nc(C2CC2)c1C(=O)N1CCCC(CCc2ccc(F)cc2F)C1. The molecule has 6 heteroatoms. The van der Waals surface area contributed by atoms with Crippen LogP contribution in [0.2, 0.25) is 0 Å². The highest BCUT2D eigenvalue weighted by molar-refractivity contribution is 5.96. The molecule has 4 nitrogen and oxygen atoms in total. The van der Waals surface area contributed by atoms with Crippen molar-refractivity contribution in [3.63, 3.8) is 0 Å². The van der Waals surface area contributed by atoms with Gasteiger partial charge in [-0.1, -0.05) is 6.07 Å². The van der Waals surface area contributed by atoms with Gasteiger partial charge in [0.2, 0.25) is 0 Å². The van der Waals surface area contributed by atoms with Gasteiger partial charge < -0.3 is 4.90 Å². The first-order valence-corrected chi connectivity index (χ1v) is 9.81. The van der Waals surface area contributed by atoms with Crippen molar-refractivity contribution in [3.05, 3.63) is 52.3 Å². The van der Waals surface area contributed by atoms with E-state index < -0.39 is 11.6 Å². The Bertz CT molecular complexity index is 844. The van der Waals surface area contributed by atoms with Crippen molar-refractivity contribution in [2.45, 2.75) is 51.4 Å². The Hall–Kier alpha value is -2.24. The predicted octanol–water partition coefficient (Wildman–Crippen LogP) is 4.36. The molecule has 0 spiro atoms. The topological polar surface area (TPSA) is 49.0 Å². The Morgan fingerprint density at radius 1 is 1.30 bits per heavy atom. The van der Waals surface area contributed by atoms with Crippen molar-refractivity contribution in [2.75, 3.05) is 13.1 Å². The second-order valence-electron chi connectivity index (χ2n) is 7.92. The van der Waals surface area contributed by atoms with Crippen molar-refractivity contribution >= 4 is 5.91 Å². The number of likely N-dealkylation sites (tertiary alicyclic amines) is 1.